The molecule has 0 aliphatic heterocycles. The minimum absolute atomic E-state index is 0.150. The molecule has 0 atom stereocenters. The number of unbranched alkanes of at least 4 members (excludes halogenated alkanes) is 1. The number of ether oxygens (including phenoxy) is 1. The van der Waals surface area contributed by atoms with Gasteiger partial charge in [0.2, 0.25) is 0 Å². The molecular weight excluding hydrogens is 190 g/mol. The van der Waals surface area contributed by atoms with Crippen LogP contribution in [0.3, 0.4) is 0 Å². The Labute approximate surface area is 92.0 Å². The molecule has 0 aromatic carbocycles. The fourth-order valence-electron chi connectivity index (χ4n) is 1.09. The van der Waals surface area contributed by atoms with E-state index < -0.39 is 5.60 Å². The second kappa shape index (κ2) is 6.38. The highest BCUT2D eigenvalue weighted by molar-refractivity contribution is 5.74. The molecule has 3 nitrogen and oxygen atoms in total. The highest BCUT2D eigenvalue weighted by Gasteiger charge is 2.15. The van der Waals surface area contributed by atoms with Crippen LogP contribution < -0.4 is 0 Å². The molecule has 0 fully saturated rings. The lowest BCUT2D eigenvalue weighted by Crippen LogP contribution is -2.23. The number of nitrogens with one attached hydrogen (secondary N) is 1. The third-order valence-corrected chi connectivity index (χ3v) is 1.75. The zero-order chi connectivity index (χ0) is 11.9. The van der Waals surface area contributed by atoms with Gasteiger partial charge in [-0.15, -0.1) is 0 Å². The van der Waals surface area contributed by atoms with Gasteiger partial charge in [0, 0.05) is 12.6 Å². The summed E-state index contributed by atoms with van der Waals surface area (Å²) in [5.41, 5.74) is 0.412. The lowest BCUT2D eigenvalue weighted by atomic mass is 10.1. The molecule has 0 aliphatic carbocycles. The van der Waals surface area contributed by atoms with E-state index >= 15 is 0 Å². The monoisotopic (exact) mass is 211 g/mol. The minimum atomic E-state index is -0.393. The van der Waals surface area contributed by atoms with Crippen molar-refractivity contribution in [1.29, 1.82) is 5.41 Å². The van der Waals surface area contributed by atoms with Crippen LogP contribution in [-0.4, -0.2) is 17.8 Å². The largest absolute Gasteiger partial charge is 0.460 e. The number of hydrogen-bond donors (Lipinski definition) is 1. The standard InChI is InChI=1S/C12H21NO2/c1-10(9-13)7-5-6-8-11(14)15-12(2,3)4/h9,13H,1,5-8H2,2-4H3. The molecule has 0 aromatic heterocycles. The summed E-state index contributed by atoms with van der Waals surface area (Å²) >= 11 is 0. The van der Waals surface area contributed by atoms with Gasteiger partial charge in [-0.25, -0.2) is 0 Å². The van der Waals surface area contributed by atoms with Gasteiger partial charge in [-0.3, -0.25) is 4.79 Å². The molecule has 3 heteroatoms. The van der Waals surface area contributed by atoms with Crippen LogP contribution in [0.1, 0.15) is 46.5 Å². The maximum Gasteiger partial charge on any atom is 0.306 e. The topological polar surface area (TPSA) is 50.2 Å². The Hall–Kier alpha value is -1.12. The van der Waals surface area contributed by atoms with E-state index in [-0.39, 0.29) is 5.97 Å². The van der Waals surface area contributed by atoms with Gasteiger partial charge in [0.25, 0.3) is 0 Å². The fraction of sp³-hybridized carbons (Fsp3) is 0.667. The first kappa shape index (κ1) is 13.9. The van der Waals surface area contributed by atoms with E-state index in [0.717, 1.165) is 24.8 Å². The Bertz CT molecular complexity index is 238. The second-order valence-corrected chi connectivity index (χ2v) is 4.60. The molecule has 0 unspecified atom stereocenters. The predicted molar refractivity (Wildman–Crippen MR) is 62.2 cm³/mol. The summed E-state index contributed by atoms with van der Waals surface area (Å²) in [7, 11) is 0. The molecule has 0 spiro atoms. The molecule has 0 rings (SSSR count). The lowest BCUT2D eigenvalue weighted by molar-refractivity contribution is -0.154. The Morgan fingerprint density at radius 1 is 1.33 bits per heavy atom. The Morgan fingerprint density at radius 3 is 2.33 bits per heavy atom. The zero-order valence-corrected chi connectivity index (χ0v) is 9.93. The van der Waals surface area contributed by atoms with Crippen LogP contribution in [0.5, 0.6) is 0 Å². The van der Waals surface area contributed by atoms with Crippen LogP contribution >= 0.6 is 0 Å². The molecular formula is C12H21NO2. The zero-order valence-electron chi connectivity index (χ0n) is 9.93. The molecule has 0 heterocycles. The van der Waals surface area contributed by atoms with E-state index in [1.54, 1.807) is 0 Å². The Morgan fingerprint density at radius 2 is 1.87 bits per heavy atom. The summed E-state index contributed by atoms with van der Waals surface area (Å²) in [6.45, 7) is 9.28. The maximum atomic E-state index is 11.3. The van der Waals surface area contributed by atoms with Gasteiger partial charge < -0.3 is 10.1 Å². The van der Waals surface area contributed by atoms with Gasteiger partial charge in [-0.2, -0.15) is 0 Å². The van der Waals surface area contributed by atoms with Gasteiger partial charge in [0.05, 0.1) is 0 Å². The number of carbonyl (C=O) groups is 1. The van der Waals surface area contributed by atoms with Crippen LogP contribution in [-0.2, 0) is 9.53 Å². The summed E-state index contributed by atoms with van der Waals surface area (Å²) < 4.78 is 5.16. The van der Waals surface area contributed by atoms with Crippen molar-refractivity contribution in [2.45, 2.75) is 52.1 Å². The molecule has 0 aromatic rings. The smallest absolute Gasteiger partial charge is 0.306 e. The van der Waals surface area contributed by atoms with Gasteiger partial charge in [0.1, 0.15) is 5.60 Å². The Balaban J connectivity index is 3.56. The summed E-state index contributed by atoms with van der Waals surface area (Å²) in [6, 6.07) is 0. The highest BCUT2D eigenvalue weighted by atomic mass is 16.6. The minimum Gasteiger partial charge on any atom is -0.460 e. The third-order valence-electron chi connectivity index (χ3n) is 1.75. The van der Waals surface area contributed by atoms with Crippen molar-refractivity contribution in [3.8, 4) is 0 Å². The van der Waals surface area contributed by atoms with E-state index in [2.05, 4.69) is 6.58 Å². The average molecular weight is 211 g/mol. The average Bonchev–Trinajstić information content (AvgIpc) is 2.09. The van der Waals surface area contributed by atoms with Gasteiger partial charge >= 0.3 is 5.97 Å². The van der Waals surface area contributed by atoms with E-state index in [1.807, 2.05) is 20.8 Å². The third kappa shape index (κ3) is 9.19. The molecule has 0 radical (unpaired) electrons. The van der Waals surface area contributed by atoms with Crippen molar-refractivity contribution in [3.63, 3.8) is 0 Å². The number of hydrogen-bond acceptors (Lipinski definition) is 3. The molecule has 0 aliphatic rings. The van der Waals surface area contributed by atoms with Crippen LogP contribution in [0.4, 0.5) is 0 Å². The first-order chi connectivity index (χ1) is 6.85. The molecule has 15 heavy (non-hydrogen) atoms. The van der Waals surface area contributed by atoms with Crippen LogP contribution in [0.2, 0.25) is 0 Å². The fourth-order valence-corrected chi connectivity index (χ4v) is 1.09. The molecule has 1 N–H and O–H groups in total. The SMILES string of the molecule is C=C(C=N)CCCCC(=O)OC(C)(C)C. The number of esters is 1. The number of rotatable bonds is 6. The van der Waals surface area contributed by atoms with E-state index in [0.29, 0.717) is 6.42 Å². The summed E-state index contributed by atoms with van der Waals surface area (Å²) in [4.78, 5) is 11.3. The van der Waals surface area contributed by atoms with Crippen molar-refractivity contribution in [2.24, 2.45) is 0 Å². The van der Waals surface area contributed by atoms with Crippen LogP contribution in [0.25, 0.3) is 0 Å². The van der Waals surface area contributed by atoms with Gasteiger partial charge in [-0.1, -0.05) is 6.58 Å². The summed E-state index contributed by atoms with van der Waals surface area (Å²) in [5, 5.41) is 6.93. The highest BCUT2D eigenvalue weighted by Crippen LogP contribution is 2.11. The molecule has 0 saturated carbocycles. The van der Waals surface area contributed by atoms with E-state index in [4.69, 9.17) is 10.1 Å². The van der Waals surface area contributed by atoms with E-state index in [9.17, 15) is 4.79 Å². The summed E-state index contributed by atoms with van der Waals surface area (Å²) in [6.07, 6.45) is 4.16. The normalized spacial score (nSPS) is 10.9. The molecule has 0 amide bonds. The van der Waals surface area contributed by atoms with Crippen molar-refractivity contribution in [2.75, 3.05) is 0 Å². The second-order valence-electron chi connectivity index (χ2n) is 4.60. The van der Waals surface area contributed by atoms with E-state index in [1.165, 1.54) is 6.21 Å². The Kier molecular flexibility index (Phi) is 5.90. The van der Waals surface area contributed by atoms with Crippen molar-refractivity contribution in [3.05, 3.63) is 12.2 Å². The quantitative estimate of drug-likeness (QED) is 0.417. The predicted octanol–water partition coefficient (Wildman–Crippen LogP) is 3.09. The van der Waals surface area contributed by atoms with Crippen molar-refractivity contribution in [1.82, 2.24) is 0 Å². The molecule has 0 bridgehead atoms. The van der Waals surface area contributed by atoms with Crippen LogP contribution in [0, 0.1) is 5.41 Å². The van der Waals surface area contributed by atoms with Crippen LogP contribution in [0.15, 0.2) is 12.2 Å². The molecule has 86 valence electrons. The number of allylic oxidation sites excluding steroid dienone is 1. The van der Waals surface area contributed by atoms with Crippen molar-refractivity contribution < 1.29 is 9.53 Å². The first-order valence-electron chi connectivity index (χ1n) is 5.25. The van der Waals surface area contributed by atoms with Gasteiger partial charge in [0.15, 0.2) is 0 Å². The maximum absolute atomic E-state index is 11.3. The molecule has 0 saturated heterocycles. The first-order valence-corrected chi connectivity index (χ1v) is 5.25. The summed E-state index contributed by atoms with van der Waals surface area (Å²) in [5.74, 6) is -0.150. The van der Waals surface area contributed by atoms with Gasteiger partial charge in [-0.05, 0) is 45.6 Å². The lowest BCUT2D eigenvalue weighted by Gasteiger charge is -2.19. The number of carbonyl (C=O) groups excluding carboxylic acids is 1. The van der Waals surface area contributed by atoms with Crippen molar-refractivity contribution >= 4 is 12.2 Å².